The lowest BCUT2D eigenvalue weighted by Crippen LogP contribution is -2.26. The van der Waals surface area contributed by atoms with Gasteiger partial charge in [-0.25, -0.2) is 9.97 Å². The molecule has 2 fully saturated rings. The fraction of sp³-hybridized carbons (Fsp3) is 0.733. The van der Waals surface area contributed by atoms with Crippen molar-refractivity contribution >= 4 is 0 Å². The Bertz CT molecular complexity index is 406. The highest BCUT2D eigenvalue weighted by molar-refractivity contribution is 5.21. The van der Waals surface area contributed by atoms with Gasteiger partial charge >= 0.3 is 0 Å². The molecule has 0 atom stereocenters. The minimum atomic E-state index is 0.249. The average Bonchev–Trinajstić information content (AvgIpc) is 3.21. The highest BCUT2D eigenvalue weighted by Gasteiger charge is 2.46. The minimum absolute atomic E-state index is 0.249. The maximum Gasteiger partial charge on any atom is 0.135 e. The van der Waals surface area contributed by atoms with E-state index in [0.29, 0.717) is 5.92 Å². The Kier molecular flexibility index (Phi) is 3.33. The summed E-state index contributed by atoms with van der Waals surface area (Å²) < 4.78 is 0. The zero-order valence-electron chi connectivity index (χ0n) is 11.3. The fourth-order valence-electron chi connectivity index (χ4n) is 3.22. The van der Waals surface area contributed by atoms with Crippen molar-refractivity contribution < 1.29 is 0 Å². The monoisotopic (exact) mass is 245 g/mol. The normalized spacial score (nSPS) is 22.9. The summed E-state index contributed by atoms with van der Waals surface area (Å²) in [6, 6.07) is 2.13. The van der Waals surface area contributed by atoms with E-state index in [9.17, 15) is 0 Å². The van der Waals surface area contributed by atoms with Gasteiger partial charge in [0.15, 0.2) is 0 Å². The summed E-state index contributed by atoms with van der Waals surface area (Å²) >= 11 is 0. The third-order valence-electron chi connectivity index (χ3n) is 4.54. The summed E-state index contributed by atoms with van der Waals surface area (Å²) in [7, 11) is 2.02. The second-order valence-electron chi connectivity index (χ2n) is 5.95. The molecule has 2 aliphatic carbocycles. The molecule has 0 spiro atoms. The molecule has 2 aliphatic rings. The van der Waals surface area contributed by atoms with Crippen LogP contribution in [0.1, 0.15) is 62.4 Å². The number of aromatic nitrogens is 2. The summed E-state index contributed by atoms with van der Waals surface area (Å²) in [5, 5.41) is 3.29. The van der Waals surface area contributed by atoms with Gasteiger partial charge in [-0.05, 0) is 38.8 Å². The van der Waals surface area contributed by atoms with Gasteiger partial charge in [0.25, 0.3) is 0 Å². The first kappa shape index (κ1) is 12.1. The van der Waals surface area contributed by atoms with Crippen molar-refractivity contribution in [3.63, 3.8) is 0 Å². The Balaban J connectivity index is 1.80. The van der Waals surface area contributed by atoms with E-state index in [1.54, 1.807) is 0 Å². The molecule has 3 heteroatoms. The lowest BCUT2D eigenvalue weighted by atomic mass is 9.87. The van der Waals surface area contributed by atoms with E-state index in [4.69, 9.17) is 4.98 Å². The highest BCUT2D eigenvalue weighted by Crippen LogP contribution is 2.46. The van der Waals surface area contributed by atoms with Crippen LogP contribution in [-0.2, 0) is 5.41 Å². The molecule has 3 nitrogen and oxygen atoms in total. The average molecular weight is 245 g/mol. The molecule has 1 aromatic heterocycles. The van der Waals surface area contributed by atoms with Crippen LogP contribution < -0.4 is 5.32 Å². The van der Waals surface area contributed by atoms with Crippen LogP contribution in [0.2, 0.25) is 0 Å². The molecule has 0 radical (unpaired) electrons. The Morgan fingerprint density at radius 2 is 2.06 bits per heavy atom. The van der Waals surface area contributed by atoms with Crippen LogP contribution in [0.25, 0.3) is 0 Å². The number of hydrogen-bond acceptors (Lipinski definition) is 3. The van der Waals surface area contributed by atoms with Gasteiger partial charge < -0.3 is 5.32 Å². The van der Waals surface area contributed by atoms with Gasteiger partial charge in [0.05, 0.1) is 0 Å². The molecule has 1 heterocycles. The lowest BCUT2D eigenvalue weighted by Gasteiger charge is -2.22. The van der Waals surface area contributed by atoms with Gasteiger partial charge in [0.1, 0.15) is 5.82 Å². The molecular weight excluding hydrogens is 222 g/mol. The third kappa shape index (κ3) is 2.28. The Hall–Kier alpha value is -0.960. The van der Waals surface area contributed by atoms with Gasteiger partial charge in [0, 0.05) is 29.8 Å². The van der Waals surface area contributed by atoms with E-state index < -0.39 is 0 Å². The highest BCUT2D eigenvalue weighted by atomic mass is 15.0. The van der Waals surface area contributed by atoms with Crippen LogP contribution >= 0.6 is 0 Å². The molecule has 0 bridgehead atoms. The van der Waals surface area contributed by atoms with Crippen molar-refractivity contribution in [1.82, 2.24) is 15.3 Å². The summed E-state index contributed by atoms with van der Waals surface area (Å²) in [6.07, 6.45) is 11.2. The molecule has 0 saturated heterocycles. The second-order valence-corrected chi connectivity index (χ2v) is 5.95. The van der Waals surface area contributed by atoms with Crippen LogP contribution in [-0.4, -0.2) is 23.6 Å². The zero-order valence-corrected chi connectivity index (χ0v) is 11.3. The molecule has 98 valence electrons. The first-order valence-electron chi connectivity index (χ1n) is 7.32. The first-order chi connectivity index (χ1) is 8.84. The van der Waals surface area contributed by atoms with E-state index in [1.807, 2.05) is 13.2 Å². The van der Waals surface area contributed by atoms with Crippen LogP contribution in [0.3, 0.4) is 0 Å². The van der Waals surface area contributed by atoms with Gasteiger partial charge in [-0.3, -0.25) is 0 Å². The second kappa shape index (κ2) is 4.96. The van der Waals surface area contributed by atoms with Crippen molar-refractivity contribution in [1.29, 1.82) is 0 Å². The maximum atomic E-state index is 4.90. The van der Waals surface area contributed by atoms with Crippen molar-refractivity contribution in [2.24, 2.45) is 0 Å². The van der Waals surface area contributed by atoms with Crippen molar-refractivity contribution in [2.75, 3.05) is 13.6 Å². The summed E-state index contributed by atoms with van der Waals surface area (Å²) in [4.78, 5) is 9.43. The van der Waals surface area contributed by atoms with Gasteiger partial charge in [-0.15, -0.1) is 0 Å². The molecule has 3 rings (SSSR count). The predicted octanol–water partition coefficient (Wildman–Crippen LogP) is 2.78. The molecule has 0 unspecified atom stereocenters. The molecule has 1 N–H and O–H groups in total. The van der Waals surface area contributed by atoms with Gasteiger partial charge in [0.2, 0.25) is 0 Å². The quantitative estimate of drug-likeness (QED) is 0.886. The third-order valence-corrected chi connectivity index (χ3v) is 4.54. The lowest BCUT2D eigenvalue weighted by molar-refractivity contribution is 0.433. The van der Waals surface area contributed by atoms with E-state index >= 15 is 0 Å². The van der Waals surface area contributed by atoms with E-state index in [-0.39, 0.29) is 5.41 Å². The standard InChI is InChI=1S/C15H23N3/c1-16-11-15(8-9-15)14-17-10-7-13(18-14)12-5-3-2-4-6-12/h7,10,12,16H,2-6,8-9,11H2,1H3. The number of hydrogen-bond donors (Lipinski definition) is 1. The fourth-order valence-corrected chi connectivity index (χ4v) is 3.22. The van der Waals surface area contributed by atoms with Crippen molar-refractivity contribution in [3.05, 3.63) is 23.8 Å². The minimum Gasteiger partial charge on any atom is -0.319 e. The van der Waals surface area contributed by atoms with Crippen LogP contribution in [0.5, 0.6) is 0 Å². The maximum absolute atomic E-state index is 4.90. The van der Waals surface area contributed by atoms with E-state index in [2.05, 4.69) is 16.4 Å². The number of likely N-dealkylation sites (N-methyl/N-ethyl adjacent to an activating group) is 1. The van der Waals surface area contributed by atoms with Gasteiger partial charge in [-0.2, -0.15) is 0 Å². The molecule has 0 aliphatic heterocycles. The molecule has 18 heavy (non-hydrogen) atoms. The zero-order chi connectivity index (χ0) is 12.4. The number of nitrogens with zero attached hydrogens (tertiary/aromatic N) is 2. The Morgan fingerprint density at radius 1 is 1.28 bits per heavy atom. The summed E-state index contributed by atoms with van der Waals surface area (Å²) in [5.41, 5.74) is 1.54. The Labute approximate surface area is 109 Å². The van der Waals surface area contributed by atoms with Crippen LogP contribution in [0.15, 0.2) is 12.3 Å². The van der Waals surface area contributed by atoms with E-state index in [0.717, 1.165) is 12.4 Å². The van der Waals surface area contributed by atoms with E-state index in [1.165, 1.54) is 50.6 Å². The van der Waals surface area contributed by atoms with Crippen LogP contribution in [0.4, 0.5) is 0 Å². The summed E-state index contributed by atoms with van der Waals surface area (Å²) in [6.45, 7) is 1.01. The molecule has 0 aromatic carbocycles. The van der Waals surface area contributed by atoms with Crippen molar-refractivity contribution in [2.45, 2.75) is 56.3 Å². The summed E-state index contributed by atoms with van der Waals surface area (Å²) in [5.74, 6) is 1.77. The first-order valence-corrected chi connectivity index (χ1v) is 7.32. The van der Waals surface area contributed by atoms with Crippen LogP contribution in [0, 0.1) is 0 Å². The number of rotatable bonds is 4. The largest absolute Gasteiger partial charge is 0.319 e. The van der Waals surface area contributed by atoms with Crippen molar-refractivity contribution in [3.8, 4) is 0 Å². The molecule has 2 saturated carbocycles. The van der Waals surface area contributed by atoms with Gasteiger partial charge in [-0.1, -0.05) is 19.3 Å². The smallest absolute Gasteiger partial charge is 0.135 e. The Morgan fingerprint density at radius 3 is 2.72 bits per heavy atom. The molecule has 1 aromatic rings. The SMILES string of the molecule is CNCC1(c2nccc(C3CCCCC3)n2)CC1. The predicted molar refractivity (Wildman–Crippen MR) is 72.7 cm³/mol. The molecule has 0 amide bonds. The topological polar surface area (TPSA) is 37.8 Å². The molecular formula is C15H23N3. The number of nitrogens with one attached hydrogen (secondary N) is 1.